The van der Waals surface area contributed by atoms with Gasteiger partial charge in [0.25, 0.3) is 0 Å². The summed E-state index contributed by atoms with van der Waals surface area (Å²) in [6.07, 6.45) is 2.26. The molecule has 0 aromatic carbocycles. The second kappa shape index (κ2) is 5.04. The van der Waals surface area contributed by atoms with Crippen LogP contribution in [0.3, 0.4) is 0 Å². The molecule has 0 spiro atoms. The quantitative estimate of drug-likeness (QED) is 0.687. The Morgan fingerprint density at radius 1 is 1.45 bits per heavy atom. The number of hydrogen-bond acceptors (Lipinski definition) is 2. The number of pyridine rings is 1. The molecule has 0 amide bonds. The van der Waals surface area contributed by atoms with Crippen molar-refractivity contribution in [2.45, 2.75) is 6.42 Å². The van der Waals surface area contributed by atoms with Crippen molar-refractivity contribution in [2.24, 2.45) is 5.73 Å². The highest BCUT2D eigenvalue weighted by atomic mass is 35.5. The van der Waals surface area contributed by atoms with Gasteiger partial charge in [-0.05, 0) is 24.6 Å². The van der Waals surface area contributed by atoms with Crippen LogP contribution >= 0.6 is 12.4 Å². The van der Waals surface area contributed by atoms with Crippen molar-refractivity contribution in [1.82, 2.24) is 4.98 Å². The summed E-state index contributed by atoms with van der Waals surface area (Å²) in [7, 11) is 0. The molecule has 1 rings (SSSR count). The minimum Gasteiger partial charge on any atom is -0.330 e. The summed E-state index contributed by atoms with van der Waals surface area (Å²) in [5, 5.41) is 0. The molecule has 0 aliphatic heterocycles. The first kappa shape index (κ1) is 10.3. The zero-order chi connectivity index (χ0) is 7.40. The lowest BCUT2D eigenvalue weighted by Gasteiger charge is -1.94. The Bertz CT molecular complexity index is 200. The van der Waals surface area contributed by atoms with E-state index in [1.165, 1.54) is 12.3 Å². The van der Waals surface area contributed by atoms with Crippen LogP contribution in [-0.2, 0) is 6.42 Å². The number of hydrogen-bond donors (Lipinski definition) is 1. The standard InChI is InChI=1S/C7H9FN2.ClH/c8-7-2-1-6(3-4-9)5-10-7;/h1-2,5H,3-4,9H2;1H. The fourth-order valence-electron chi connectivity index (χ4n) is 0.721. The molecule has 1 aromatic rings. The lowest BCUT2D eigenvalue weighted by molar-refractivity contribution is 0.582. The molecular formula is C7H10ClFN2. The zero-order valence-corrected chi connectivity index (χ0v) is 6.77. The molecule has 0 aliphatic rings. The monoisotopic (exact) mass is 176 g/mol. The summed E-state index contributed by atoms with van der Waals surface area (Å²) in [6.45, 7) is 0.577. The third-order valence-corrected chi connectivity index (χ3v) is 1.22. The number of nitrogens with zero attached hydrogens (tertiary/aromatic N) is 1. The Morgan fingerprint density at radius 2 is 2.18 bits per heavy atom. The lowest BCUT2D eigenvalue weighted by atomic mass is 10.2. The third-order valence-electron chi connectivity index (χ3n) is 1.22. The maximum Gasteiger partial charge on any atom is 0.212 e. The van der Waals surface area contributed by atoms with E-state index >= 15 is 0 Å². The van der Waals surface area contributed by atoms with Crippen LogP contribution in [0.2, 0.25) is 0 Å². The van der Waals surface area contributed by atoms with Crippen molar-refractivity contribution in [3.8, 4) is 0 Å². The summed E-state index contributed by atoms with van der Waals surface area (Å²) in [5.74, 6) is -0.444. The van der Waals surface area contributed by atoms with Gasteiger partial charge in [0, 0.05) is 6.20 Å². The molecule has 0 saturated heterocycles. The number of halogens is 2. The Balaban J connectivity index is 0.000001000. The lowest BCUT2D eigenvalue weighted by Crippen LogP contribution is -2.02. The fraction of sp³-hybridized carbons (Fsp3) is 0.286. The second-order valence-corrected chi connectivity index (χ2v) is 2.03. The Hall–Kier alpha value is -0.670. The molecule has 2 nitrogen and oxygen atoms in total. The summed E-state index contributed by atoms with van der Waals surface area (Å²) < 4.78 is 12.2. The molecule has 0 saturated carbocycles. The normalized spacial score (nSPS) is 8.91. The summed E-state index contributed by atoms with van der Waals surface area (Å²) >= 11 is 0. The Morgan fingerprint density at radius 3 is 2.64 bits per heavy atom. The Labute approximate surface area is 71.0 Å². The SMILES string of the molecule is Cl.NCCc1ccc(F)nc1. The molecule has 1 aromatic heterocycles. The van der Waals surface area contributed by atoms with Gasteiger partial charge in [0.2, 0.25) is 5.95 Å². The highest BCUT2D eigenvalue weighted by molar-refractivity contribution is 5.85. The molecule has 11 heavy (non-hydrogen) atoms. The maximum atomic E-state index is 12.2. The number of aromatic nitrogens is 1. The van der Waals surface area contributed by atoms with Crippen LogP contribution < -0.4 is 5.73 Å². The fourth-order valence-corrected chi connectivity index (χ4v) is 0.721. The van der Waals surface area contributed by atoms with Gasteiger partial charge in [-0.1, -0.05) is 6.07 Å². The van der Waals surface area contributed by atoms with Gasteiger partial charge in [-0.3, -0.25) is 0 Å². The van der Waals surface area contributed by atoms with E-state index in [0.29, 0.717) is 6.54 Å². The van der Waals surface area contributed by atoms with Gasteiger partial charge in [-0.2, -0.15) is 4.39 Å². The van der Waals surface area contributed by atoms with Gasteiger partial charge in [0.1, 0.15) is 0 Å². The molecule has 1 heterocycles. The molecule has 2 N–H and O–H groups in total. The van der Waals surface area contributed by atoms with Crippen LogP contribution in [0.4, 0.5) is 4.39 Å². The van der Waals surface area contributed by atoms with Crippen molar-refractivity contribution in [1.29, 1.82) is 0 Å². The Kier molecular flexibility index (Phi) is 4.74. The molecule has 0 radical (unpaired) electrons. The van der Waals surface area contributed by atoms with Crippen molar-refractivity contribution in [2.75, 3.05) is 6.54 Å². The average Bonchev–Trinajstić information content (AvgIpc) is 1.95. The van der Waals surface area contributed by atoms with Crippen LogP contribution in [0.5, 0.6) is 0 Å². The topological polar surface area (TPSA) is 38.9 Å². The predicted octanol–water partition coefficient (Wildman–Crippen LogP) is 1.14. The molecule has 4 heteroatoms. The van der Waals surface area contributed by atoms with E-state index in [9.17, 15) is 4.39 Å². The van der Waals surface area contributed by atoms with Crippen LogP contribution in [0, 0.1) is 5.95 Å². The van der Waals surface area contributed by atoms with Crippen LogP contribution in [0.15, 0.2) is 18.3 Å². The molecular weight excluding hydrogens is 167 g/mol. The van der Waals surface area contributed by atoms with Crippen molar-refractivity contribution < 1.29 is 4.39 Å². The highest BCUT2D eigenvalue weighted by Gasteiger charge is 1.91. The van der Waals surface area contributed by atoms with Crippen LogP contribution in [-0.4, -0.2) is 11.5 Å². The van der Waals surface area contributed by atoms with E-state index in [1.807, 2.05) is 0 Å². The third kappa shape index (κ3) is 3.30. The maximum absolute atomic E-state index is 12.2. The average molecular weight is 177 g/mol. The minimum absolute atomic E-state index is 0. The van der Waals surface area contributed by atoms with Gasteiger partial charge in [0.15, 0.2) is 0 Å². The molecule has 0 fully saturated rings. The van der Waals surface area contributed by atoms with Crippen LogP contribution in [0.25, 0.3) is 0 Å². The van der Waals surface area contributed by atoms with Crippen LogP contribution in [0.1, 0.15) is 5.56 Å². The largest absolute Gasteiger partial charge is 0.330 e. The minimum atomic E-state index is -0.444. The second-order valence-electron chi connectivity index (χ2n) is 2.03. The smallest absolute Gasteiger partial charge is 0.212 e. The summed E-state index contributed by atoms with van der Waals surface area (Å²) in [6, 6.07) is 3.03. The number of rotatable bonds is 2. The van der Waals surface area contributed by atoms with Gasteiger partial charge in [-0.25, -0.2) is 4.98 Å². The summed E-state index contributed by atoms with van der Waals surface area (Å²) in [4.78, 5) is 3.48. The van der Waals surface area contributed by atoms with E-state index < -0.39 is 5.95 Å². The first-order valence-corrected chi connectivity index (χ1v) is 3.13. The van der Waals surface area contributed by atoms with Gasteiger partial charge in [0.05, 0.1) is 0 Å². The first-order chi connectivity index (χ1) is 4.83. The van der Waals surface area contributed by atoms with Gasteiger partial charge < -0.3 is 5.73 Å². The molecule has 0 bridgehead atoms. The van der Waals surface area contributed by atoms with Gasteiger partial charge >= 0.3 is 0 Å². The molecule has 0 aliphatic carbocycles. The molecule has 0 atom stereocenters. The van der Waals surface area contributed by atoms with E-state index in [2.05, 4.69) is 4.98 Å². The molecule has 62 valence electrons. The first-order valence-electron chi connectivity index (χ1n) is 3.13. The van der Waals surface area contributed by atoms with Crippen molar-refractivity contribution >= 4 is 12.4 Å². The van der Waals surface area contributed by atoms with E-state index in [0.717, 1.165) is 12.0 Å². The predicted molar refractivity (Wildman–Crippen MR) is 44.2 cm³/mol. The van der Waals surface area contributed by atoms with E-state index in [1.54, 1.807) is 6.07 Å². The van der Waals surface area contributed by atoms with E-state index in [4.69, 9.17) is 5.73 Å². The van der Waals surface area contributed by atoms with E-state index in [-0.39, 0.29) is 12.4 Å². The zero-order valence-electron chi connectivity index (χ0n) is 5.96. The van der Waals surface area contributed by atoms with Gasteiger partial charge in [-0.15, -0.1) is 12.4 Å². The highest BCUT2D eigenvalue weighted by Crippen LogP contribution is 1.98. The van der Waals surface area contributed by atoms with Crippen molar-refractivity contribution in [3.05, 3.63) is 29.8 Å². The van der Waals surface area contributed by atoms with Crippen molar-refractivity contribution in [3.63, 3.8) is 0 Å². The molecule has 0 unspecified atom stereocenters. The number of nitrogens with two attached hydrogens (primary N) is 1. The summed E-state index contributed by atoms with van der Waals surface area (Å²) in [5.41, 5.74) is 6.25.